The maximum Gasteiger partial charge on any atom is 0.257 e. The molecule has 4 rings (SSSR count). The van der Waals surface area contributed by atoms with E-state index in [1.807, 2.05) is 35.2 Å². The van der Waals surface area contributed by atoms with E-state index in [-0.39, 0.29) is 5.91 Å². The first kappa shape index (κ1) is 20.9. The van der Waals surface area contributed by atoms with E-state index in [2.05, 4.69) is 46.4 Å². The van der Waals surface area contributed by atoms with Crippen LogP contribution < -0.4 is 10.1 Å². The molecule has 0 saturated carbocycles. The number of hydrogen-bond acceptors (Lipinski definition) is 5. The van der Waals surface area contributed by atoms with Gasteiger partial charge >= 0.3 is 0 Å². The van der Waals surface area contributed by atoms with Crippen molar-refractivity contribution in [1.82, 2.24) is 14.8 Å². The van der Waals surface area contributed by atoms with Gasteiger partial charge in [0.2, 0.25) is 0 Å². The summed E-state index contributed by atoms with van der Waals surface area (Å²) in [7, 11) is 1.63. The van der Waals surface area contributed by atoms with Crippen molar-refractivity contribution in [3.05, 3.63) is 83.6 Å². The summed E-state index contributed by atoms with van der Waals surface area (Å²) in [5, 5.41) is 3.26. The van der Waals surface area contributed by atoms with Crippen molar-refractivity contribution in [2.75, 3.05) is 38.6 Å². The first-order valence-corrected chi connectivity index (χ1v) is 10.6. The number of pyridine rings is 1. The number of rotatable bonds is 6. The molecule has 31 heavy (non-hydrogen) atoms. The monoisotopic (exact) mass is 416 g/mol. The molecular formula is C25H28N4O2. The van der Waals surface area contributed by atoms with Crippen LogP contribution in [0, 0.1) is 6.92 Å². The molecular weight excluding hydrogens is 388 g/mol. The van der Waals surface area contributed by atoms with Gasteiger partial charge in [-0.2, -0.15) is 0 Å². The highest BCUT2D eigenvalue weighted by atomic mass is 16.5. The molecule has 0 bridgehead atoms. The Morgan fingerprint density at radius 2 is 1.84 bits per heavy atom. The molecule has 2 heterocycles. The SMILES string of the molecule is COc1ccccc1Nc1ncccc1C(=O)N1CCN(Cc2cccc(C)c2)CC1. The number of methoxy groups -OCH3 is 1. The average molecular weight is 417 g/mol. The fourth-order valence-electron chi connectivity index (χ4n) is 3.90. The lowest BCUT2D eigenvalue weighted by Crippen LogP contribution is -2.48. The van der Waals surface area contributed by atoms with Crippen LogP contribution in [0.3, 0.4) is 0 Å². The highest BCUT2D eigenvalue weighted by molar-refractivity contribution is 5.99. The number of anilines is 2. The Morgan fingerprint density at radius 1 is 1.03 bits per heavy atom. The summed E-state index contributed by atoms with van der Waals surface area (Å²) in [5.41, 5.74) is 3.94. The predicted molar refractivity (Wildman–Crippen MR) is 123 cm³/mol. The lowest BCUT2D eigenvalue weighted by molar-refractivity contribution is 0.0629. The summed E-state index contributed by atoms with van der Waals surface area (Å²) < 4.78 is 5.41. The maximum absolute atomic E-state index is 13.3. The highest BCUT2D eigenvalue weighted by Gasteiger charge is 2.24. The summed E-state index contributed by atoms with van der Waals surface area (Å²) in [6.07, 6.45) is 1.69. The Labute approximate surface area is 183 Å². The van der Waals surface area contributed by atoms with Crippen LogP contribution in [0.2, 0.25) is 0 Å². The third-order valence-electron chi connectivity index (χ3n) is 5.55. The number of benzene rings is 2. The van der Waals surface area contributed by atoms with Gasteiger partial charge in [0.15, 0.2) is 0 Å². The van der Waals surface area contributed by atoms with Gasteiger partial charge in [-0.05, 0) is 36.8 Å². The molecule has 1 aliphatic heterocycles. The first-order valence-electron chi connectivity index (χ1n) is 10.6. The third-order valence-corrected chi connectivity index (χ3v) is 5.55. The normalized spacial score (nSPS) is 14.3. The maximum atomic E-state index is 13.3. The van der Waals surface area contributed by atoms with Gasteiger partial charge in [0.1, 0.15) is 11.6 Å². The van der Waals surface area contributed by atoms with Gasteiger partial charge in [0, 0.05) is 38.9 Å². The molecule has 1 aromatic heterocycles. The van der Waals surface area contributed by atoms with Gasteiger partial charge in [0.05, 0.1) is 18.4 Å². The van der Waals surface area contributed by atoms with E-state index >= 15 is 0 Å². The number of aryl methyl sites for hydroxylation is 1. The zero-order valence-electron chi connectivity index (χ0n) is 18.0. The number of para-hydroxylation sites is 2. The van der Waals surface area contributed by atoms with E-state index in [4.69, 9.17) is 4.74 Å². The van der Waals surface area contributed by atoms with Gasteiger partial charge in [-0.25, -0.2) is 4.98 Å². The Hall–Kier alpha value is -3.38. The molecule has 2 aromatic carbocycles. The zero-order valence-corrected chi connectivity index (χ0v) is 18.0. The number of nitrogens with zero attached hydrogens (tertiary/aromatic N) is 3. The van der Waals surface area contributed by atoms with E-state index < -0.39 is 0 Å². The molecule has 1 fully saturated rings. The number of carbonyl (C=O) groups is 1. The zero-order chi connectivity index (χ0) is 21.6. The molecule has 0 aliphatic carbocycles. The second-order valence-electron chi connectivity index (χ2n) is 7.78. The van der Waals surface area contributed by atoms with Gasteiger partial charge in [-0.15, -0.1) is 0 Å². The van der Waals surface area contributed by atoms with Crippen LogP contribution in [0.25, 0.3) is 0 Å². The number of aromatic nitrogens is 1. The molecule has 1 aliphatic rings. The highest BCUT2D eigenvalue weighted by Crippen LogP contribution is 2.28. The molecule has 1 amide bonds. The second kappa shape index (κ2) is 9.62. The van der Waals surface area contributed by atoms with E-state index in [1.165, 1.54) is 11.1 Å². The first-order chi connectivity index (χ1) is 15.1. The van der Waals surface area contributed by atoms with Gasteiger partial charge in [-0.1, -0.05) is 42.0 Å². The van der Waals surface area contributed by atoms with Gasteiger partial charge in [0.25, 0.3) is 5.91 Å². The van der Waals surface area contributed by atoms with Crippen molar-refractivity contribution in [3.8, 4) is 5.75 Å². The van der Waals surface area contributed by atoms with E-state index in [0.29, 0.717) is 30.2 Å². The molecule has 3 aromatic rings. The number of piperazine rings is 1. The van der Waals surface area contributed by atoms with E-state index in [1.54, 1.807) is 19.4 Å². The minimum Gasteiger partial charge on any atom is -0.495 e. The standard InChI is InChI=1S/C25H28N4O2/c1-19-7-5-8-20(17-19)18-28-13-15-29(16-14-28)25(30)21-9-6-12-26-24(21)27-22-10-3-4-11-23(22)31-2/h3-12,17H,13-16,18H2,1-2H3,(H,26,27). The van der Waals surface area contributed by atoms with Crippen LogP contribution in [0.15, 0.2) is 66.9 Å². The fourth-order valence-corrected chi connectivity index (χ4v) is 3.90. The van der Waals surface area contributed by atoms with Crippen LogP contribution >= 0.6 is 0 Å². The van der Waals surface area contributed by atoms with Crippen LogP contribution in [-0.4, -0.2) is 54.0 Å². The van der Waals surface area contributed by atoms with Crippen LogP contribution in [0.1, 0.15) is 21.5 Å². The topological polar surface area (TPSA) is 57.7 Å². The van der Waals surface area contributed by atoms with Gasteiger partial charge in [-0.3, -0.25) is 9.69 Å². The summed E-state index contributed by atoms with van der Waals surface area (Å²) in [5.74, 6) is 1.25. The van der Waals surface area contributed by atoms with Crippen LogP contribution in [0.4, 0.5) is 11.5 Å². The molecule has 1 saturated heterocycles. The number of amides is 1. The minimum absolute atomic E-state index is 0.000651. The number of ether oxygens (including phenoxy) is 1. The van der Waals surface area contributed by atoms with Crippen molar-refractivity contribution < 1.29 is 9.53 Å². The molecule has 0 radical (unpaired) electrons. The molecule has 0 atom stereocenters. The minimum atomic E-state index is 0.000651. The van der Waals surface area contributed by atoms with Crippen molar-refractivity contribution in [1.29, 1.82) is 0 Å². The smallest absolute Gasteiger partial charge is 0.257 e. The quantitative estimate of drug-likeness (QED) is 0.656. The molecule has 6 heteroatoms. The van der Waals surface area contributed by atoms with Crippen molar-refractivity contribution in [2.24, 2.45) is 0 Å². The van der Waals surface area contributed by atoms with E-state index in [0.717, 1.165) is 25.3 Å². The second-order valence-corrected chi connectivity index (χ2v) is 7.78. The van der Waals surface area contributed by atoms with E-state index in [9.17, 15) is 4.79 Å². The fraction of sp³-hybridized carbons (Fsp3) is 0.280. The largest absolute Gasteiger partial charge is 0.495 e. The lowest BCUT2D eigenvalue weighted by atomic mass is 10.1. The average Bonchev–Trinajstić information content (AvgIpc) is 2.80. The van der Waals surface area contributed by atoms with Crippen LogP contribution in [-0.2, 0) is 6.54 Å². The predicted octanol–water partition coefficient (Wildman–Crippen LogP) is 4.10. The van der Waals surface area contributed by atoms with Gasteiger partial charge < -0.3 is 15.0 Å². The summed E-state index contributed by atoms with van der Waals surface area (Å²) in [6, 6.07) is 19.8. The third kappa shape index (κ3) is 5.03. The molecule has 0 unspecified atom stereocenters. The Bertz CT molecular complexity index is 1040. The number of nitrogens with one attached hydrogen (secondary N) is 1. The Morgan fingerprint density at radius 3 is 2.61 bits per heavy atom. The molecule has 6 nitrogen and oxygen atoms in total. The number of carbonyl (C=O) groups excluding carboxylic acids is 1. The lowest BCUT2D eigenvalue weighted by Gasteiger charge is -2.35. The molecule has 0 spiro atoms. The van der Waals surface area contributed by atoms with Crippen molar-refractivity contribution in [2.45, 2.75) is 13.5 Å². The Balaban J connectivity index is 1.42. The van der Waals surface area contributed by atoms with Crippen molar-refractivity contribution >= 4 is 17.4 Å². The number of hydrogen-bond donors (Lipinski definition) is 1. The van der Waals surface area contributed by atoms with Crippen LogP contribution in [0.5, 0.6) is 5.75 Å². The molecule has 160 valence electrons. The molecule has 1 N–H and O–H groups in total. The summed E-state index contributed by atoms with van der Waals surface area (Å²) in [4.78, 5) is 22.0. The van der Waals surface area contributed by atoms with Crippen molar-refractivity contribution in [3.63, 3.8) is 0 Å². The Kier molecular flexibility index (Phi) is 6.48. The summed E-state index contributed by atoms with van der Waals surface area (Å²) >= 11 is 0. The summed E-state index contributed by atoms with van der Waals surface area (Å²) in [6.45, 7) is 6.15.